The van der Waals surface area contributed by atoms with E-state index in [1.165, 1.54) is 0 Å². The number of thioether (sulfide) groups is 1. The highest BCUT2D eigenvalue weighted by molar-refractivity contribution is 7.98. The molecule has 8 heteroatoms. The number of carbonyl (C=O) groups excluding carboxylic acids is 3. The van der Waals surface area contributed by atoms with E-state index in [9.17, 15) is 14.4 Å². The zero-order chi connectivity index (χ0) is 18.6. The lowest BCUT2D eigenvalue weighted by atomic mass is 9.66. The summed E-state index contributed by atoms with van der Waals surface area (Å²) in [6, 6.07) is 4.89. The van der Waals surface area contributed by atoms with Crippen LogP contribution in [0.5, 0.6) is 0 Å². The molecule has 7 nitrogen and oxygen atoms in total. The molecule has 0 bridgehead atoms. The minimum absolute atomic E-state index is 0.0270. The predicted molar refractivity (Wildman–Crippen MR) is 97.2 cm³/mol. The molecular formula is C18H21N3O4S. The van der Waals surface area contributed by atoms with Crippen molar-refractivity contribution < 1.29 is 19.1 Å². The molecule has 0 aliphatic carbocycles. The quantitative estimate of drug-likeness (QED) is 0.568. The fraction of sp³-hybridized carbons (Fsp3) is 0.500. The van der Waals surface area contributed by atoms with Crippen LogP contribution in [-0.2, 0) is 20.7 Å². The second-order valence-electron chi connectivity index (χ2n) is 7.13. The van der Waals surface area contributed by atoms with Gasteiger partial charge in [-0.25, -0.2) is 4.79 Å². The van der Waals surface area contributed by atoms with Crippen molar-refractivity contribution in [2.24, 2.45) is 5.41 Å². The lowest BCUT2D eigenvalue weighted by molar-refractivity contribution is -0.153. The first-order valence-corrected chi connectivity index (χ1v) is 9.85. The smallest absolute Gasteiger partial charge is 0.328 e. The van der Waals surface area contributed by atoms with Crippen LogP contribution >= 0.6 is 11.8 Å². The lowest BCUT2D eigenvalue weighted by Crippen LogP contribution is -2.75. The molecule has 2 fully saturated rings. The Kier molecular flexibility index (Phi) is 4.00. The maximum absolute atomic E-state index is 13.0. The number of imide groups is 2. The molecule has 3 heterocycles. The molecule has 0 saturated carbocycles. The van der Waals surface area contributed by atoms with Crippen molar-refractivity contribution in [1.29, 1.82) is 0 Å². The number of carbonyl (C=O) groups is 3. The third-order valence-corrected chi connectivity index (χ3v) is 6.24. The van der Waals surface area contributed by atoms with Crippen LogP contribution in [0.1, 0.15) is 19.4 Å². The van der Waals surface area contributed by atoms with Crippen LogP contribution in [-0.4, -0.2) is 48.9 Å². The zero-order valence-corrected chi connectivity index (χ0v) is 15.7. The van der Waals surface area contributed by atoms with Gasteiger partial charge in [-0.05, 0) is 50.3 Å². The van der Waals surface area contributed by atoms with E-state index in [0.717, 1.165) is 16.1 Å². The van der Waals surface area contributed by atoms with E-state index in [0.29, 0.717) is 6.54 Å². The molecule has 0 aromatic heterocycles. The monoisotopic (exact) mass is 375 g/mol. The molecular weight excluding hydrogens is 354 g/mol. The number of anilines is 1. The summed E-state index contributed by atoms with van der Waals surface area (Å²) in [4.78, 5) is 40.7. The van der Waals surface area contributed by atoms with E-state index >= 15 is 0 Å². The lowest BCUT2D eigenvalue weighted by Gasteiger charge is -2.55. The van der Waals surface area contributed by atoms with Crippen molar-refractivity contribution in [3.8, 4) is 0 Å². The SMILES string of the molecule is CSc1ccc2c(c1)CC1(C(=O)NC(=O)NC1=O)C1C(C)OC(C)CN21. The molecule has 3 aliphatic rings. The van der Waals surface area contributed by atoms with E-state index in [-0.39, 0.29) is 18.6 Å². The molecule has 4 rings (SSSR count). The highest BCUT2D eigenvalue weighted by Crippen LogP contribution is 2.47. The number of urea groups is 1. The third-order valence-electron chi connectivity index (χ3n) is 5.52. The number of hydrogen-bond donors (Lipinski definition) is 2. The molecule has 0 radical (unpaired) electrons. The Morgan fingerprint density at radius 3 is 2.54 bits per heavy atom. The summed E-state index contributed by atoms with van der Waals surface area (Å²) in [6.07, 6.45) is 1.86. The first kappa shape index (κ1) is 17.4. The van der Waals surface area contributed by atoms with Crippen LogP contribution in [0.15, 0.2) is 23.1 Å². The van der Waals surface area contributed by atoms with Gasteiger partial charge < -0.3 is 9.64 Å². The predicted octanol–water partition coefficient (Wildman–Crippen LogP) is 1.30. The van der Waals surface area contributed by atoms with Crippen molar-refractivity contribution in [2.45, 2.75) is 43.4 Å². The molecule has 3 atom stereocenters. The van der Waals surface area contributed by atoms with Crippen molar-refractivity contribution in [2.75, 3.05) is 17.7 Å². The molecule has 3 aliphatic heterocycles. The summed E-state index contributed by atoms with van der Waals surface area (Å²) in [5, 5.41) is 4.59. The summed E-state index contributed by atoms with van der Waals surface area (Å²) in [5.41, 5.74) is 0.573. The number of benzene rings is 1. The highest BCUT2D eigenvalue weighted by atomic mass is 32.2. The van der Waals surface area contributed by atoms with Crippen molar-refractivity contribution in [1.82, 2.24) is 10.6 Å². The number of rotatable bonds is 1. The maximum atomic E-state index is 13.0. The fourth-order valence-electron chi connectivity index (χ4n) is 4.55. The Morgan fingerprint density at radius 2 is 1.88 bits per heavy atom. The number of ether oxygens (including phenoxy) is 1. The molecule has 26 heavy (non-hydrogen) atoms. The fourth-order valence-corrected chi connectivity index (χ4v) is 5.02. The van der Waals surface area contributed by atoms with Gasteiger partial charge in [0.2, 0.25) is 11.8 Å². The van der Waals surface area contributed by atoms with Crippen LogP contribution in [0.2, 0.25) is 0 Å². The molecule has 3 unspecified atom stereocenters. The normalized spacial score (nSPS) is 29.7. The first-order valence-electron chi connectivity index (χ1n) is 8.62. The van der Waals surface area contributed by atoms with Gasteiger partial charge >= 0.3 is 6.03 Å². The summed E-state index contributed by atoms with van der Waals surface area (Å²) in [7, 11) is 0. The molecule has 1 spiro atoms. The molecule has 1 aromatic carbocycles. The van der Waals surface area contributed by atoms with E-state index in [4.69, 9.17) is 4.74 Å². The average Bonchev–Trinajstić information content (AvgIpc) is 2.58. The van der Waals surface area contributed by atoms with Gasteiger partial charge in [-0.3, -0.25) is 20.2 Å². The van der Waals surface area contributed by atoms with E-state index < -0.39 is 29.3 Å². The zero-order valence-electron chi connectivity index (χ0n) is 14.9. The highest BCUT2D eigenvalue weighted by Gasteiger charge is 2.62. The maximum Gasteiger partial charge on any atom is 0.328 e. The number of nitrogens with one attached hydrogen (secondary N) is 2. The van der Waals surface area contributed by atoms with Crippen LogP contribution < -0.4 is 15.5 Å². The van der Waals surface area contributed by atoms with Gasteiger partial charge in [-0.1, -0.05) is 0 Å². The molecule has 4 amide bonds. The van der Waals surface area contributed by atoms with Gasteiger partial charge in [0.15, 0.2) is 5.41 Å². The number of amides is 4. The molecule has 2 saturated heterocycles. The van der Waals surface area contributed by atoms with E-state index in [2.05, 4.69) is 21.6 Å². The summed E-state index contributed by atoms with van der Waals surface area (Å²) in [5.74, 6) is -1.10. The molecule has 2 N–H and O–H groups in total. The Hall–Kier alpha value is -2.06. The first-order chi connectivity index (χ1) is 12.4. The van der Waals surface area contributed by atoms with Gasteiger partial charge in [-0.15, -0.1) is 11.8 Å². The number of fused-ring (bicyclic) bond motifs is 4. The number of hydrogen-bond acceptors (Lipinski definition) is 6. The van der Waals surface area contributed by atoms with Gasteiger partial charge in [0.1, 0.15) is 0 Å². The van der Waals surface area contributed by atoms with Crippen LogP contribution in [0.25, 0.3) is 0 Å². The largest absolute Gasteiger partial charge is 0.372 e. The van der Waals surface area contributed by atoms with E-state index in [1.807, 2.05) is 32.2 Å². The standard InChI is InChI=1S/C18H21N3O4S/c1-9-8-21-13-5-4-12(26-3)6-11(13)7-18(14(21)10(2)25-9)15(22)19-17(24)20-16(18)23/h4-6,9-10,14H,7-8H2,1-3H3,(H2,19,20,22,23,24). The van der Waals surface area contributed by atoms with Gasteiger partial charge in [-0.2, -0.15) is 0 Å². The minimum Gasteiger partial charge on any atom is -0.372 e. The summed E-state index contributed by atoms with van der Waals surface area (Å²) < 4.78 is 5.98. The van der Waals surface area contributed by atoms with Crippen molar-refractivity contribution in [3.05, 3.63) is 23.8 Å². The Balaban J connectivity index is 1.91. The van der Waals surface area contributed by atoms with Crippen LogP contribution in [0, 0.1) is 5.41 Å². The second kappa shape index (κ2) is 5.99. The Labute approximate surface area is 155 Å². The second-order valence-corrected chi connectivity index (χ2v) is 8.01. The van der Waals surface area contributed by atoms with Crippen molar-refractivity contribution >= 4 is 35.3 Å². The van der Waals surface area contributed by atoms with Crippen LogP contribution in [0.3, 0.4) is 0 Å². The minimum atomic E-state index is -1.39. The topological polar surface area (TPSA) is 87.7 Å². The number of barbiturate groups is 1. The third kappa shape index (κ3) is 2.35. The van der Waals surface area contributed by atoms with Crippen LogP contribution in [0.4, 0.5) is 10.5 Å². The Morgan fingerprint density at radius 1 is 1.19 bits per heavy atom. The van der Waals surface area contributed by atoms with Gasteiger partial charge in [0, 0.05) is 17.1 Å². The Bertz CT molecular complexity index is 792. The summed E-state index contributed by atoms with van der Waals surface area (Å²) in [6.45, 7) is 4.44. The van der Waals surface area contributed by atoms with E-state index in [1.54, 1.807) is 11.8 Å². The molecule has 1 aromatic rings. The number of nitrogens with zero attached hydrogens (tertiary/aromatic N) is 1. The number of morpholine rings is 1. The molecule has 138 valence electrons. The van der Waals surface area contributed by atoms with Crippen molar-refractivity contribution in [3.63, 3.8) is 0 Å². The average molecular weight is 375 g/mol. The van der Waals surface area contributed by atoms with Gasteiger partial charge in [0.05, 0.1) is 18.2 Å². The summed E-state index contributed by atoms with van der Waals surface area (Å²) >= 11 is 1.61. The van der Waals surface area contributed by atoms with Gasteiger partial charge in [0.25, 0.3) is 0 Å².